The number of nitrogens with zero attached hydrogens (tertiary/aromatic N) is 1. The molecule has 6 heteroatoms. The van der Waals surface area contributed by atoms with Crippen molar-refractivity contribution in [2.45, 2.75) is 19.9 Å². The smallest absolute Gasteiger partial charge is 0.300 e. The van der Waals surface area contributed by atoms with Gasteiger partial charge in [-0.15, -0.1) is 0 Å². The molecule has 156 valence electrons. The van der Waals surface area contributed by atoms with Gasteiger partial charge in [0.05, 0.1) is 11.6 Å². The topological polar surface area (TPSA) is 77.8 Å². The Bertz CT molecular complexity index is 1230. The molecule has 1 saturated heterocycles. The number of phenols is 1. The number of Topliss-reactive ketones (excluding diaryl/α,β-unsaturated/α-hetero) is 1. The SMILES string of the molecule is Cc1cc(/C(O)=C2/C(=O)C(=O)N(c3ccccc3C)C2c2ccc(O)cc2)ccc1Br. The lowest BCUT2D eigenvalue weighted by Gasteiger charge is -2.26. The van der Waals surface area contributed by atoms with Crippen molar-refractivity contribution in [3.05, 3.63) is 99.0 Å². The van der Waals surface area contributed by atoms with E-state index >= 15 is 0 Å². The van der Waals surface area contributed by atoms with Crippen LogP contribution in [-0.2, 0) is 9.59 Å². The van der Waals surface area contributed by atoms with Crippen molar-refractivity contribution in [1.82, 2.24) is 0 Å². The molecule has 31 heavy (non-hydrogen) atoms. The molecule has 5 nitrogen and oxygen atoms in total. The van der Waals surface area contributed by atoms with Gasteiger partial charge in [-0.05, 0) is 60.9 Å². The van der Waals surface area contributed by atoms with E-state index in [1.807, 2.05) is 26.0 Å². The normalized spacial score (nSPS) is 17.9. The third-order valence-corrected chi connectivity index (χ3v) is 6.35. The average molecular weight is 478 g/mol. The molecule has 1 atom stereocenters. The summed E-state index contributed by atoms with van der Waals surface area (Å²) in [4.78, 5) is 27.7. The molecule has 0 aliphatic carbocycles. The maximum Gasteiger partial charge on any atom is 0.300 e. The molecule has 3 aromatic carbocycles. The molecule has 1 aliphatic heterocycles. The predicted molar refractivity (Wildman–Crippen MR) is 123 cm³/mol. The molecular formula is C25H20BrNO4. The fraction of sp³-hybridized carbons (Fsp3) is 0.120. The number of halogens is 1. The maximum absolute atomic E-state index is 13.2. The van der Waals surface area contributed by atoms with E-state index in [1.54, 1.807) is 42.5 Å². The number of ketones is 1. The molecule has 4 rings (SSSR count). The number of benzene rings is 3. The zero-order chi connectivity index (χ0) is 22.3. The summed E-state index contributed by atoms with van der Waals surface area (Å²) in [5.41, 5.74) is 3.38. The van der Waals surface area contributed by atoms with Gasteiger partial charge in [0.25, 0.3) is 11.7 Å². The van der Waals surface area contributed by atoms with Crippen LogP contribution in [0.1, 0.15) is 28.3 Å². The van der Waals surface area contributed by atoms with E-state index in [0.29, 0.717) is 16.8 Å². The number of hydrogen-bond acceptors (Lipinski definition) is 4. The van der Waals surface area contributed by atoms with Crippen LogP contribution < -0.4 is 4.90 Å². The Morgan fingerprint density at radius 2 is 1.61 bits per heavy atom. The van der Waals surface area contributed by atoms with Crippen LogP contribution in [0.2, 0.25) is 0 Å². The zero-order valence-corrected chi connectivity index (χ0v) is 18.6. The van der Waals surface area contributed by atoms with Gasteiger partial charge >= 0.3 is 0 Å². The van der Waals surface area contributed by atoms with Gasteiger partial charge in [0.2, 0.25) is 0 Å². The van der Waals surface area contributed by atoms with E-state index in [1.165, 1.54) is 17.0 Å². The van der Waals surface area contributed by atoms with Crippen molar-refractivity contribution in [1.29, 1.82) is 0 Å². The lowest BCUT2D eigenvalue weighted by Crippen LogP contribution is -2.30. The highest BCUT2D eigenvalue weighted by atomic mass is 79.9. The highest BCUT2D eigenvalue weighted by Gasteiger charge is 2.47. The predicted octanol–water partition coefficient (Wildman–Crippen LogP) is 5.40. The van der Waals surface area contributed by atoms with Crippen LogP contribution in [-0.4, -0.2) is 21.9 Å². The number of rotatable bonds is 3. The second-order valence-corrected chi connectivity index (χ2v) is 8.37. The summed E-state index contributed by atoms with van der Waals surface area (Å²) in [6.45, 7) is 3.74. The average Bonchev–Trinajstić information content (AvgIpc) is 3.01. The monoisotopic (exact) mass is 477 g/mol. The van der Waals surface area contributed by atoms with Gasteiger partial charge in [0, 0.05) is 15.7 Å². The van der Waals surface area contributed by atoms with E-state index in [0.717, 1.165) is 15.6 Å². The summed E-state index contributed by atoms with van der Waals surface area (Å²) >= 11 is 3.44. The van der Waals surface area contributed by atoms with Gasteiger partial charge in [-0.1, -0.05) is 52.3 Å². The van der Waals surface area contributed by atoms with Crippen molar-refractivity contribution in [2.24, 2.45) is 0 Å². The van der Waals surface area contributed by atoms with Crippen LogP contribution in [0.4, 0.5) is 5.69 Å². The second-order valence-electron chi connectivity index (χ2n) is 7.51. The van der Waals surface area contributed by atoms with Crippen LogP contribution in [0.3, 0.4) is 0 Å². The summed E-state index contributed by atoms with van der Waals surface area (Å²) < 4.78 is 0.875. The van der Waals surface area contributed by atoms with Crippen molar-refractivity contribution >= 4 is 39.1 Å². The van der Waals surface area contributed by atoms with Crippen molar-refractivity contribution in [2.75, 3.05) is 4.90 Å². The molecule has 1 aliphatic rings. The number of aliphatic hydroxyl groups is 1. The van der Waals surface area contributed by atoms with Crippen LogP contribution in [0.15, 0.2) is 76.8 Å². The van der Waals surface area contributed by atoms with Gasteiger partial charge in [0.1, 0.15) is 11.5 Å². The molecule has 3 aromatic rings. The lowest BCUT2D eigenvalue weighted by molar-refractivity contribution is -0.132. The standard InChI is InChI=1S/C25H20BrNO4/c1-14-5-3-4-6-20(14)27-22(16-7-10-18(28)11-8-16)21(24(30)25(27)31)23(29)17-9-12-19(26)15(2)13-17/h3-13,22,28-29H,1-2H3/b23-21-. The quantitative estimate of drug-likeness (QED) is 0.300. The van der Waals surface area contributed by atoms with E-state index < -0.39 is 17.7 Å². The third-order valence-electron chi connectivity index (χ3n) is 5.46. The maximum atomic E-state index is 13.2. The van der Waals surface area contributed by atoms with E-state index in [2.05, 4.69) is 15.9 Å². The second kappa shape index (κ2) is 8.04. The van der Waals surface area contributed by atoms with Gasteiger partial charge in [0.15, 0.2) is 0 Å². The van der Waals surface area contributed by atoms with Gasteiger partial charge in [-0.25, -0.2) is 0 Å². The van der Waals surface area contributed by atoms with Crippen molar-refractivity contribution in [3.63, 3.8) is 0 Å². The molecule has 0 spiro atoms. The van der Waals surface area contributed by atoms with Gasteiger partial charge in [-0.3, -0.25) is 14.5 Å². The summed E-state index contributed by atoms with van der Waals surface area (Å²) in [6.07, 6.45) is 0. The summed E-state index contributed by atoms with van der Waals surface area (Å²) in [5.74, 6) is -1.62. The Labute approximate surface area is 188 Å². The third kappa shape index (κ3) is 3.64. The van der Waals surface area contributed by atoms with Gasteiger partial charge < -0.3 is 10.2 Å². The van der Waals surface area contributed by atoms with E-state index in [9.17, 15) is 19.8 Å². The number of carbonyl (C=O) groups is 2. The fourth-order valence-corrected chi connectivity index (χ4v) is 4.08. The fourth-order valence-electron chi connectivity index (χ4n) is 3.83. The molecule has 2 N–H and O–H groups in total. The summed E-state index contributed by atoms with van der Waals surface area (Å²) in [7, 11) is 0. The van der Waals surface area contributed by atoms with E-state index in [4.69, 9.17) is 0 Å². The molecular weight excluding hydrogens is 458 g/mol. The van der Waals surface area contributed by atoms with Crippen LogP contribution in [0, 0.1) is 13.8 Å². The minimum absolute atomic E-state index is 0.0145. The van der Waals surface area contributed by atoms with Crippen molar-refractivity contribution < 1.29 is 19.8 Å². The highest BCUT2D eigenvalue weighted by Crippen LogP contribution is 2.43. The Kier molecular flexibility index (Phi) is 5.41. The van der Waals surface area contributed by atoms with Gasteiger partial charge in [-0.2, -0.15) is 0 Å². The Balaban J connectivity index is 1.97. The molecule has 1 unspecified atom stereocenters. The molecule has 0 saturated carbocycles. The minimum Gasteiger partial charge on any atom is -0.508 e. The minimum atomic E-state index is -0.828. The Hall–Kier alpha value is -3.38. The number of anilines is 1. The first kappa shape index (κ1) is 20.9. The molecule has 0 bridgehead atoms. The summed E-state index contributed by atoms with van der Waals surface area (Å²) in [5, 5.41) is 20.9. The van der Waals surface area contributed by atoms with Crippen LogP contribution in [0.5, 0.6) is 5.75 Å². The number of aliphatic hydroxyl groups excluding tert-OH is 1. The number of para-hydroxylation sites is 1. The van der Waals surface area contributed by atoms with Crippen LogP contribution >= 0.6 is 15.9 Å². The molecule has 1 fully saturated rings. The summed E-state index contributed by atoms with van der Waals surface area (Å²) in [6, 6.07) is 18.0. The number of phenolic OH excluding ortho intramolecular Hbond substituents is 1. The number of aromatic hydroxyl groups is 1. The number of aryl methyl sites for hydroxylation is 2. The Morgan fingerprint density at radius 1 is 0.935 bits per heavy atom. The lowest BCUT2D eigenvalue weighted by atomic mass is 9.94. The highest BCUT2D eigenvalue weighted by molar-refractivity contribution is 9.10. The Morgan fingerprint density at radius 3 is 2.26 bits per heavy atom. The number of amides is 1. The molecule has 1 heterocycles. The first-order valence-corrected chi connectivity index (χ1v) is 10.5. The largest absolute Gasteiger partial charge is 0.508 e. The number of hydrogen-bond donors (Lipinski definition) is 2. The van der Waals surface area contributed by atoms with Crippen molar-refractivity contribution in [3.8, 4) is 5.75 Å². The van der Waals surface area contributed by atoms with E-state index in [-0.39, 0.29) is 17.1 Å². The zero-order valence-electron chi connectivity index (χ0n) is 17.0. The first-order valence-electron chi connectivity index (χ1n) is 9.71. The number of carbonyl (C=O) groups excluding carboxylic acids is 2. The molecule has 0 radical (unpaired) electrons. The molecule has 1 amide bonds. The van der Waals surface area contributed by atoms with Crippen LogP contribution in [0.25, 0.3) is 5.76 Å². The first-order chi connectivity index (χ1) is 14.8. The molecule has 0 aromatic heterocycles.